The van der Waals surface area contributed by atoms with Gasteiger partial charge < -0.3 is 10.6 Å². The number of amides is 1. The first-order valence-electron chi connectivity index (χ1n) is 7.08. The zero-order chi connectivity index (χ0) is 12.3. The molecule has 1 amide bonds. The second-order valence-corrected chi connectivity index (χ2v) is 6.50. The van der Waals surface area contributed by atoms with Crippen LogP contribution in [0.15, 0.2) is 0 Å². The van der Waals surface area contributed by atoms with Crippen LogP contribution in [0.4, 0.5) is 0 Å². The lowest BCUT2D eigenvalue weighted by Crippen LogP contribution is -2.41. The normalized spacial score (nSPS) is 27.8. The molecule has 0 aliphatic heterocycles. The Hall–Kier alpha value is -0.570. The summed E-state index contributed by atoms with van der Waals surface area (Å²) >= 11 is 0. The van der Waals surface area contributed by atoms with Crippen LogP contribution in [0.5, 0.6) is 0 Å². The number of rotatable bonds is 5. The van der Waals surface area contributed by atoms with E-state index in [9.17, 15) is 4.79 Å². The Morgan fingerprint density at radius 2 is 2.00 bits per heavy atom. The van der Waals surface area contributed by atoms with Crippen LogP contribution in [0, 0.1) is 5.41 Å². The highest BCUT2D eigenvalue weighted by Gasteiger charge is 2.28. The molecule has 1 unspecified atom stereocenters. The zero-order valence-corrected chi connectivity index (χ0v) is 11.2. The molecule has 98 valence electrons. The van der Waals surface area contributed by atoms with Crippen LogP contribution in [0.1, 0.15) is 58.8 Å². The van der Waals surface area contributed by atoms with Crippen molar-refractivity contribution in [3.8, 4) is 0 Å². The molecule has 0 aromatic rings. The lowest BCUT2D eigenvalue weighted by atomic mass is 9.75. The summed E-state index contributed by atoms with van der Waals surface area (Å²) in [6.07, 6.45) is 8.05. The number of carbonyl (C=O) groups excluding carboxylic acids is 1. The van der Waals surface area contributed by atoms with Gasteiger partial charge in [-0.15, -0.1) is 0 Å². The quantitative estimate of drug-likeness (QED) is 0.771. The summed E-state index contributed by atoms with van der Waals surface area (Å²) in [6, 6.07) is 1.11. The topological polar surface area (TPSA) is 41.1 Å². The van der Waals surface area contributed by atoms with Crippen molar-refractivity contribution in [3.63, 3.8) is 0 Å². The molecule has 2 saturated carbocycles. The molecule has 17 heavy (non-hydrogen) atoms. The van der Waals surface area contributed by atoms with Crippen molar-refractivity contribution in [3.05, 3.63) is 0 Å². The molecule has 0 aromatic carbocycles. The highest BCUT2D eigenvalue weighted by Crippen LogP contribution is 2.35. The molecule has 3 heteroatoms. The fourth-order valence-corrected chi connectivity index (χ4v) is 2.80. The van der Waals surface area contributed by atoms with E-state index in [0.29, 0.717) is 23.9 Å². The van der Waals surface area contributed by atoms with Gasteiger partial charge in [0.25, 0.3) is 0 Å². The lowest BCUT2D eigenvalue weighted by Gasteiger charge is -2.35. The number of carbonyl (C=O) groups is 1. The summed E-state index contributed by atoms with van der Waals surface area (Å²) in [4.78, 5) is 11.8. The van der Waals surface area contributed by atoms with Crippen molar-refractivity contribution >= 4 is 5.91 Å². The average molecular weight is 238 g/mol. The zero-order valence-electron chi connectivity index (χ0n) is 11.2. The summed E-state index contributed by atoms with van der Waals surface area (Å²) in [5.74, 6) is 0.223. The predicted octanol–water partition coefficient (Wildman–Crippen LogP) is 2.21. The van der Waals surface area contributed by atoms with Crippen molar-refractivity contribution in [2.75, 3.05) is 6.54 Å². The van der Waals surface area contributed by atoms with E-state index in [1.165, 1.54) is 25.7 Å². The maximum atomic E-state index is 11.8. The molecule has 2 rings (SSSR count). The lowest BCUT2D eigenvalue weighted by molar-refractivity contribution is -0.122. The van der Waals surface area contributed by atoms with Gasteiger partial charge in [0, 0.05) is 25.0 Å². The first-order chi connectivity index (χ1) is 8.05. The molecule has 1 atom stereocenters. The fraction of sp³-hybridized carbons (Fsp3) is 0.929. The molecule has 2 fully saturated rings. The molecule has 0 bridgehead atoms. The molecule has 0 radical (unpaired) electrons. The summed E-state index contributed by atoms with van der Waals surface area (Å²) in [6.45, 7) is 5.45. The Bertz CT molecular complexity index is 271. The van der Waals surface area contributed by atoms with Crippen LogP contribution in [0.25, 0.3) is 0 Å². The third kappa shape index (κ3) is 4.66. The summed E-state index contributed by atoms with van der Waals surface area (Å²) < 4.78 is 0. The van der Waals surface area contributed by atoms with Gasteiger partial charge in [-0.3, -0.25) is 4.79 Å². The van der Waals surface area contributed by atoms with Gasteiger partial charge in [-0.2, -0.15) is 0 Å². The van der Waals surface area contributed by atoms with E-state index in [1.807, 2.05) is 0 Å². The number of hydrogen-bond donors (Lipinski definition) is 2. The smallest absolute Gasteiger partial charge is 0.221 e. The minimum absolute atomic E-state index is 0.223. The van der Waals surface area contributed by atoms with E-state index in [1.54, 1.807) is 0 Å². The third-order valence-electron chi connectivity index (χ3n) is 3.93. The first kappa shape index (κ1) is 12.9. The Kier molecular flexibility index (Phi) is 4.08. The van der Waals surface area contributed by atoms with Crippen LogP contribution >= 0.6 is 0 Å². The first-order valence-corrected chi connectivity index (χ1v) is 7.08. The van der Waals surface area contributed by atoms with Crippen molar-refractivity contribution in [2.24, 2.45) is 5.41 Å². The van der Waals surface area contributed by atoms with Crippen LogP contribution in [0.3, 0.4) is 0 Å². The molecule has 0 saturated heterocycles. The van der Waals surface area contributed by atoms with Gasteiger partial charge in [-0.25, -0.2) is 0 Å². The summed E-state index contributed by atoms with van der Waals surface area (Å²) in [5.41, 5.74) is 0.405. The van der Waals surface area contributed by atoms with Crippen molar-refractivity contribution in [2.45, 2.75) is 70.9 Å². The van der Waals surface area contributed by atoms with Gasteiger partial charge >= 0.3 is 0 Å². The molecule has 2 N–H and O–H groups in total. The molecule has 2 aliphatic rings. The maximum Gasteiger partial charge on any atom is 0.221 e. The number of hydrogen-bond acceptors (Lipinski definition) is 2. The van der Waals surface area contributed by atoms with Gasteiger partial charge in [0.1, 0.15) is 0 Å². The minimum Gasteiger partial charge on any atom is -0.353 e. The Labute approximate surface area is 105 Å². The Morgan fingerprint density at radius 3 is 2.65 bits per heavy atom. The van der Waals surface area contributed by atoms with Gasteiger partial charge in [0.15, 0.2) is 0 Å². The Balaban J connectivity index is 1.63. The van der Waals surface area contributed by atoms with E-state index >= 15 is 0 Å². The molecule has 0 aromatic heterocycles. The van der Waals surface area contributed by atoms with E-state index in [0.717, 1.165) is 19.4 Å². The van der Waals surface area contributed by atoms with Crippen molar-refractivity contribution < 1.29 is 4.79 Å². The third-order valence-corrected chi connectivity index (χ3v) is 3.93. The highest BCUT2D eigenvalue weighted by atomic mass is 16.1. The Morgan fingerprint density at radius 1 is 1.24 bits per heavy atom. The van der Waals surface area contributed by atoms with Crippen molar-refractivity contribution in [1.82, 2.24) is 10.6 Å². The van der Waals surface area contributed by atoms with Gasteiger partial charge in [0.05, 0.1) is 0 Å². The van der Waals surface area contributed by atoms with E-state index in [2.05, 4.69) is 24.5 Å². The van der Waals surface area contributed by atoms with Crippen LogP contribution in [0.2, 0.25) is 0 Å². The highest BCUT2D eigenvalue weighted by molar-refractivity contribution is 5.76. The second kappa shape index (κ2) is 5.38. The van der Waals surface area contributed by atoms with Crippen molar-refractivity contribution in [1.29, 1.82) is 0 Å². The standard InChI is InChI=1S/C14H26N2O/c1-14(2)8-3-4-12(10-14)16-13(17)7-9-15-11-5-6-11/h11-12,15H,3-10H2,1-2H3,(H,16,17). The van der Waals surface area contributed by atoms with E-state index in [-0.39, 0.29) is 5.91 Å². The molecule has 0 heterocycles. The van der Waals surface area contributed by atoms with Gasteiger partial charge in [0.2, 0.25) is 5.91 Å². The predicted molar refractivity (Wildman–Crippen MR) is 69.8 cm³/mol. The summed E-state index contributed by atoms with van der Waals surface area (Å²) in [5, 5.41) is 6.57. The van der Waals surface area contributed by atoms with Crippen LogP contribution in [-0.2, 0) is 4.79 Å². The largest absolute Gasteiger partial charge is 0.353 e. The van der Waals surface area contributed by atoms with Gasteiger partial charge in [-0.1, -0.05) is 20.3 Å². The van der Waals surface area contributed by atoms with E-state index in [4.69, 9.17) is 0 Å². The molecular weight excluding hydrogens is 212 g/mol. The number of nitrogens with one attached hydrogen (secondary N) is 2. The molecule has 0 spiro atoms. The fourth-order valence-electron chi connectivity index (χ4n) is 2.80. The average Bonchev–Trinajstić information content (AvgIpc) is 2.99. The molecular formula is C14H26N2O. The monoisotopic (exact) mass is 238 g/mol. The summed E-state index contributed by atoms with van der Waals surface area (Å²) in [7, 11) is 0. The minimum atomic E-state index is 0.223. The van der Waals surface area contributed by atoms with Gasteiger partial charge in [-0.05, 0) is 37.5 Å². The maximum absolute atomic E-state index is 11.8. The van der Waals surface area contributed by atoms with E-state index < -0.39 is 0 Å². The second-order valence-electron chi connectivity index (χ2n) is 6.50. The van der Waals surface area contributed by atoms with Crippen LogP contribution in [-0.4, -0.2) is 24.5 Å². The SMILES string of the molecule is CC1(C)CCCC(NC(=O)CCNC2CC2)C1. The molecule has 3 nitrogen and oxygen atoms in total. The molecule has 2 aliphatic carbocycles. The van der Waals surface area contributed by atoms with Crippen LogP contribution < -0.4 is 10.6 Å².